The van der Waals surface area contributed by atoms with Gasteiger partial charge in [0.05, 0.1) is 23.4 Å². The summed E-state index contributed by atoms with van der Waals surface area (Å²) in [6.45, 7) is 5.85. The third-order valence-corrected chi connectivity index (χ3v) is 18.7. The number of carbonyl (C=O) groups is 6. The number of nitrogens with two attached hydrogens (primary N) is 2. The lowest BCUT2D eigenvalue weighted by atomic mass is 9.82. The van der Waals surface area contributed by atoms with Crippen molar-refractivity contribution in [1.29, 1.82) is 0 Å². The van der Waals surface area contributed by atoms with E-state index in [1.807, 2.05) is 24.3 Å². The molecule has 79 heavy (non-hydrogen) atoms. The van der Waals surface area contributed by atoms with Crippen molar-refractivity contribution in [1.82, 2.24) is 9.80 Å². The molecule has 17 heteroatoms. The van der Waals surface area contributed by atoms with Gasteiger partial charge in [-0.3, -0.25) is 24.1 Å². The van der Waals surface area contributed by atoms with Crippen LogP contribution in [-0.4, -0.2) is 102 Å². The largest absolute Gasteiger partial charge is 0.462 e. The van der Waals surface area contributed by atoms with Crippen LogP contribution in [0.3, 0.4) is 0 Å². The summed E-state index contributed by atoms with van der Waals surface area (Å²) >= 11 is 0. The molecule has 1 aliphatic carbocycles. The monoisotopic (exact) mass is 1140 g/mol. The Hall–Kier alpha value is -4.22. The first kappa shape index (κ1) is 65.6. The lowest BCUT2D eigenvalue weighted by Crippen LogP contribution is -2.56. The second-order valence-corrected chi connectivity index (χ2v) is 24.8. The number of nitrogens with zero attached hydrogens (tertiary/aromatic N) is 2. The predicted octanol–water partition coefficient (Wildman–Crippen LogP) is 14.1. The standard InChI is InChI=1S/C62H98N4O11S2/c1-5-7-9-11-13-15-17-19-21-23-25-27-29-31-33-35-52(67)74-43-48(77-53(68)36-34-32-30-28-26-24-22-20-18-16-14-12-10-8-6-2)45-78-79-49-39-37-47(38-40-49)42-76-61(72)66-51-41-65-56-54(58(70)55(63)46(3)57(56)69)50(44-75-60(64)71)62(65,73-4)59(51)66/h37-40,48,50-51,59H,5-36,41-45,63H2,1-4H3,(H2,64,71). The number of allylic oxidation sites excluding steroid dienone is 2. The maximum Gasteiger partial charge on any atom is 0.410 e. The molecule has 5 atom stereocenters. The zero-order valence-electron chi connectivity index (χ0n) is 48.6. The van der Waals surface area contributed by atoms with E-state index in [0.29, 0.717) is 18.6 Å². The lowest BCUT2D eigenvalue weighted by molar-refractivity contribution is -0.157. The minimum absolute atomic E-state index is 0.0156. The summed E-state index contributed by atoms with van der Waals surface area (Å²) in [5.41, 5.74) is 10.9. The molecule has 1 aromatic carbocycles. The molecule has 3 aliphatic heterocycles. The Balaban J connectivity index is 1.02. The summed E-state index contributed by atoms with van der Waals surface area (Å²) in [6.07, 6.45) is 36.2. The van der Waals surface area contributed by atoms with E-state index in [9.17, 15) is 28.8 Å². The van der Waals surface area contributed by atoms with Crippen molar-refractivity contribution in [2.75, 3.05) is 32.6 Å². The van der Waals surface area contributed by atoms with Crippen LogP contribution in [0.2, 0.25) is 0 Å². The van der Waals surface area contributed by atoms with Gasteiger partial charge in [-0.2, -0.15) is 0 Å². The molecule has 5 rings (SSSR count). The first-order chi connectivity index (χ1) is 38.4. The highest BCUT2D eigenvalue weighted by Crippen LogP contribution is 2.60. The van der Waals surface area contributed by atoms with Crippen molar-refractivity contribution < 1.29 is 52.5 Å². The summed E-state index contributed by atoms with van der Waals surface area (Å²) < 4.78 is 28.7. The number of hydrogen-bond donors (Lipinski definition) is 2. The number of primary amides is 1. The molecular weight excluding hydrogens is 1040 g/mol. The predicted molar refractivity (Wildman–Crippen MR) is 314 cm³/mol. The average molecular weight is 1140 g/mol. The first-order valence-corrected chi connectivity index (χ1v) is 32.9. The molecule has 0 saturated carbocycles. The Bertz CT molecular complexity index is 2140. The number of ketones is 2. The van der Waals surface area contributed by atoms with E-state index in [2.05, 4.69) is 13.8 Å². The molecule has 0 spiro atoms. The van der Waals surface area contributed by atoms with E-state index in [4.69, 9.17) is 35.2 Å². The van der Waals surface area contributed by atoms with Crippen LogP contribution in [0, 0.1) is 5.92 Å². The Kier molecular flexibility index (Phi) is 30.1. The van der Waals surface area contributed by atoms with Gasteiger partial charge < -0.3 is 40.1 Å². The van der Waals surface area contributed by atoms with Crippen LogP contribution in [0.4, 0.5) is 9.59 Å². The zero-order valence-corrected chi connectivity index (χ0v) is 50.3. The van der Waals surface area contributed by atoms with Gasteiger partial charge in [-0.05, 0) is 37.5 Å². The normalized spacial score (nSPS) is 19.6. The van der Waals surface area contributed by atoms with Crippen molar-refractivity contribution in [3.8, 4) is 0 Å². The highest BCUT2D eigenvalue weighted by atomic mass is 33.1. The second kappa shape index (κ2) is 36.3. The number of ether oxygens (including phenoxy) is 5. The van der Waals surface area contributed by atoms with Crippen LogP contribution in [-0.2, 0) is 49.5 Å². The van der Waals surface area contributed by atoms with E-state index < -0.39 is 47.5 Å². The minimum atomic E-state index is -1.40. The Morgan fingerprint density at radius 1 is 0.658 bits per heavy atom. The molecule has 444 valence electrons. The van der Waals surface area contributed by atoms with Gasteiger partial charge >= 0.3 is 24.1 Å². The molecule has 0 aromatic heterocycles. The van der Waals surface area contributed by atoms with Crippen molar-refractivity contribution >= 4 is 57.3 Å². The fourth-order valence-electron chi connectivity index (χ4n) is 11.7. The van der Waals surface area contributed by atoms with Crippen LogP contribution >= 0.6 is 21.6 Å². The summed E-state index contributed by atoms with van der Waals surface area (Å²) in [5, 5.41) is 0. The Labute approximate surface area is 481 Å². The molecule has 4 aliphatic rings. The van der Waals surface area contributed by atoms with Crippen molar-refractivity contribution in [3.63, 3.8) is 0 Å². The maximum atomic E-state index is 13.6. The third-order valence-electron chi connectivity index (χ3n) is 16.3. The summed E-state index contributed by atoms with van der Waals surface area (Å²) in [4.78, 5) is 82.6. The van der Waals surface area contributed by atoms with Crippen molar-refractivity contribution in [2.45, 2.75) is 262 Å². The summed E-state index contributed by atoms with van der Waals surface area (Å²) in [6, 6.07) is 6.58. The van der Waals surface area contributed by atoms with Crippen molar-refractivity contribution in [2.24, 2.45) is 17.4 Å². The molecule has 0 radical (unpaired) electrons. The third kappa shape index (κ3) is 20.6. The van der Waals surface area contributed by atoms with Gasteiger partial charge in [0.2, 0.25) is 11.6 Å². The number of piperazine rings is 1. The minimum Gasteiger partial charge on any atom is -0.462 e. The SMILES string of the molecule is CCCCCCCCCCCCCCCCCC(=O)OCC(CSSc1ccc(COC(=O)N2C3CN4C5=C(C(=O)C(N)=C(C)C5=O)C(COC(N)=O)C4(OC)C32)cc1)OC(=O)CCCCCCCCCCCCCCCCC. The van der Waals surface area contributed by atoms with Gasteiger partial charge in [-0.25, -0.2) is 9.59 Å². The zero-order chi connectivity index (χ0) is 56.8. The van der Waals surface area contributed by atoms with Gasteiger partial charge in [-0.15, -0.1) is 0 Å². The quantitative estimate of drug-likeness (QED) is 0.0156. The van der Waals surface area contributed by atoms with Gasteiger partial charge in [0.15, 0.2) is 5.72 Å². The van der Waals surface area contributed by atoms with E-state index in [1.165, 1.54) is 195 Å². The van der Waals surface area contributed by atoms with Gasteiger partial charge in [0, 0.05) is 48.3 Å². The summed E-state index contributed by atoms with van der Waals surface area (Å²) in [7, 11) is 4.46. The van der Waals surface area contributed by atoms with Crippen LogP contribution in [0.1, 0.15) is 232 Å². The first-order valence-electron chi connectivity index (χ1n) is 30.6. The maximum absolute atomic E-state index is 13.6. The van der Waals surface area contributed by atoms with Gasteiger partial charge in [0.25, 0.3) is 0 Å². The fourth-order valence-corrected chi connectivity index (χ4v) is 13.8. The van der Waals surface area contributed by atoms with E-state index in [0.717, 1.165) is 49.0 Å². The lowest BCUT2D eigenvalue weighted by Gasteiger charge is -2.40. The fraction of sp³-hybridized carbons (Fsp3) is 0.742. The van der Waals surface area contributed by atoms with Gasteiger partial charge in [-0.1, -0.05) is 227 Å². The van der Waals surface area contributed by atoms with Crippen LogP contribution < -0.4 is 11.5 Å². The molecule has 2 amide bonds. The van der Waals surface area contributed by atoms with E-state index >= 15 is 0 Å². The highest BCUT2D eigenvalue weighted by molar-refractivity contribution is 8.76. The van der Waals surface area contributed by atoms with Crippen molar-refractivity contribution in [3.05, 3.63) is 52.4 Å². The molecule has 5 unspecified atom stereocenters. The molecule has 2 fully saturated rings. The average Bonchev–Trinajstić information content (AvgIpc) is 2.52. The number of unbranched alkanes of at least 4 members (excludes halogenated alkanes) is 28. The Morgan fingerprint density at radius 3 is 1.62 bits per heavy atom. The number of Topliss-reactive ketones (excluding diaryl/α,β-unsaturated/α-hetero) is 2. The summed E-state index contributed by atoms with van der Waals surface area (Å²) in [5.74, 6) is -2.01. The second-order valence-electron chi connectivity index (χ2n) is 22.4. The van der Waals surface area contributed by atoms with Crippen LogP contribution in [0.25, 0.3) is 0 Å². The Morgan fingerprint density at radius 2 is 1.14 bits per heavy atom. The van der Waals surface area contributed by atoms with Gasteiger partial charge in [0.1, 0.15) is 32.0 Å². The molecule has 0 bridgehead atoms. The number of benzene rings is 1. The van der Waals surface area contributed by atoms with E-state index in [1.54, 1.807) is 4.90 Å². The molecule has 3 heterocycles. The number of rotatable bonds is 44. The molecule has 15 nitrogen and oxygen atoms in total. The number of esters is 2. The number of carbonyl (C=O) groups excluding carboxylic acids is 6. The molecule has 1 aromatic rings. The van der Waals surface area contributed by atoms with E-state index in [-0.39, 0.29) is 66.9 Å². The van der Waals surface area contributed by atoms with Crippen LogP contribution in [0.5, 0.6) is 0 Å². The number of methoxy groups -OCH3 is 1. The topological polar surface area (TPSA) is 207 Å². The number of fused-ring (bicyclic) bond motifs is 4. The number of amides is 2. The smallest absolute Gasteiger partial charge is 0.410 e. The highest BCUT2D eigenvalue weighted by Gasteiger charge is 2.78. The van der Waals surface area contributed by atoms with Crippen LogP contribution in [0.15, 0.2) is 51.7 Å². The molecule has 2 saturated heterocycles. The molecular formula is C62H98N4O11S2. The number of hydrogen-bond acceptors (Lipinski definition) is 15. The molecule has 4 N–H and O–H groups in total.